The number of hydrogen-bond acceptors (Lipinski definition) is 6. The fourth-order valence-corrected chi connectivity index (χ4v) is 2.65. The minimum absolute atomic E-state index is 0.323. The molecule has 4 heterocycles. The van der Waals surface area contributed by atoms with Crippen molar-refractivity contribution >= 4 is 28.0 Å². The number of anilines is 1. The lowest BCUT2D eigenvalue weighted by atomic mass is 10.3. The average Bonchev–Trinajstić information content (AvgIpc) is 2.99. The molecule has 0 bridgehead atoms. The Morgan fingerprint density at radius 1 is 0.952 bits per heavy atom. The third-order valence-electron chi connectivity index (χ3n) is 3.72. The van der Waals surface area contributed by atoms with Gasteiger partial charge in [0.2, 0.25) is 0 Å². The molecule has 0 atom stereocenters. The third kappa shape index (κ3) is 2.08. The van der Waals surface area contributed by atoms with Crippen molar-refractivity contribution in [1.82, 2.24) is 19.9 Å². The van der Waals surface area contributed by atoms with Crippen molar-refractivity contribution in [2.45, 2.75) is 12.8 Å². The summed E-state index contributed by atoms with van der Waals surface area (Å²) in [5.74, 6) is 0.886. The molecule has 4 rings (SSSR count). The summed E-state index contributed by atoms with van der Waals surface area (Å²) in [7, 11) is 0. The smallest absolute Gasteiger partial charge is 0.281 e. The molecule has 21 heavy (non-hydrogen) atoms. The van der Waals surface area contributed by atoms with E-state index in [1.165, 1.54) is 12.8 Å². The summed E-state index contributed by atoms with van der Waals surface area (Å²) >= 11 is 0. The molecule has 3 aromatic rings. The van der Waals surface area contributed by atoms with Crippen molar-refractivity contribution < 1.29 is 0 Å². The van der Waals surface area contributed by atoms with Crippen molar-refractivity contribution in [2.75, 3.05) is 18.0 Å². The number of hydrogen-bond donors (Lipinski definition) is 0. The maximum absolute atomic E-state index is 12.1. The Morgan fingerprint density at radius 2 is 1.81 bits per heavy atom. The Balaban J connectivity index is 2.00. The molecule has 0 aliphatic carbocycles. The molecule has 1 fully saturated rings. The summed E-state index contributed by atoms with van der Waals surface area (Å²) in [6, 6.07) is 7.11. The summed E-state index contributed by atoms with van der Waals surface area (Å²) in [5.41, 5.74) is 1.03. The van der Waals surface area contributed by atoms with Gasteiger partial charge in [-0.3, -0.25) is 4.79 Å². The lowest BCUT2D eigenvalue weighted by Gasteiger charge is -2.15. The van der Waals surface area contributed by atoms with Gasteiger partial charge in [0.15, 0.2) is 11.3 Å². The fraction of sp³-hybridized carbons (Fsp3) is 0.267. The van der Waals surface area contributed by atoms with Gasteiger partial charge in [-0.15, -0.1) is 0 Å². The van der Waals surface area contributed by atoms with Crippen molar-refractivity contribution in [3.63, 3.8) is 0 Å². The van der Waals surface area contributed by atoms with E-state index in [0.717, 1.165) is 18.9 Å². The molecular weight excluding hydrogens is 266 g/mol. The molecule has 6 nitrogen and oxygen atoms in total. The van der Waals surface area contributed by atoms with Crippen LogP contribution in [-0.2, 0) is 0 Å². The van der Waals surface area contributed by atoms with Gasteiger partial charge >= 0.3 is 0 Å². The molecule has 1 aliphatic rings. The van der Waals surface area contributed by atoms with Gasteiger partial charge in [-0.25, -0.2) is 19.9 Å². The molecule has 104 valence electrons. The molecule has 1 aliphatic heterocycles. The van der Waals surface area contributed by atoms with Crippen LogP contribution >= 0.6 is 0 Å². The molecule has 1 saturated heterocycles. The molecule has 3 aromatic heterocycles. The molecular formula is C15H13N5O. The van der Waals surface area contributed by atoms with Gasteiger partial charge in [-0.1, -0.05) is 0 Å². The first-order chi connectivity index (χ1) is 10.3. The number of pyridine rings is 2. The van der Waals surface area contributed by atoms with Crippen LogP contribution in [0, 0.1) is 0 Å². The highest BCUT2D eigenvalue weighted by Gasteiger charge is 2.14. The van der Waals surface area contributed by atoms with E-state index >= 15 is 0 Å². The zero-order chi connectivity index (χ0) is 14.2. The van der Waals surface area contributed by atoms with Crippen LogP contribution in [0.1, 0.15) is 12.8 Å². The number of nitrogens with zero attached hydrogens (tertiary/aromatic N) is 5. The maximum atomic E-state index is 12.1. The van der Waals surface area contributed by atoms with E-state index < -0.39 is 0 Å². The van der Waals surface area contributed by atoms with Crippen molar-refractivity contribution in [1.29, 1.82) is 0 Å². The summed E-state index contributed by atoms with van der Waals surface area (Å²) < 4.78 is 0. The van der Waals surface area contributed by atoms with Gasteiger partial charge in [0.25, 0.3) is 5.56 Å². The zero-order valence-electron chi connectivity index (χ0n) is 11.4. The molecule has 0 aromatic carbocycles. The highest BCUT2D eigenvalue weighted by molar-refractivity contribution is 5.80. The van der Waals surface area contributed by atoms with E-state index in [2.05, 4.69) is 24.8 Å². The van der Waals surface area contributed by atoms with E-state index in [1.54, 1.807) is 18.3 Å². The number of aromatic nitrogens is 4. The average molecular weight is 279 g/mol. The minimum Gasteiger partial charge on any atom is -0.357 e. The monoisotopic (exact) mass is 279 g/mol. The van der Waals surface area contributed by atoms with Gasteiger partial charge in [0.1, 0.15) is 11.3 Å². The predicted octanol–water partition coefficient (Wildman–Crippen LogP) is 1.53. The summed E-state index contributed by atoms with van der Waals surface area (Å²) in [5, 5.41) is 0.415. The summed E-state index contributed by atoms with van der Waals surface area (Å²) in [4.78, 5) is 31.6. The van der Waals surface area contributed by atoms with Crippen LogP contribution in [0.15, 0.2) is 35.3 Å². The fourth-order valence-electron chi connectivity index (χ4n) is 2.65. The van der Waals surface area contributed by atoms with Crippen molar-refractivity contribution in [2.24, 2.45) is 0 Å². The summed E-state index contributed by atoms with van der Waals surface area (Å²) in [6.45, 7) is 2.02. The third-order valence-corrected chi connectivity index (χ3v) is 3.72. The number of rotatable bonds is 1. The highest BCUT2D eigenvalue weighted by Crippen LogP contribution is 2.19. The first kappa shape index (κ1) is 12.1. The minimum atomic E-state index is -0.323. The first-order valence-electron chi connectivity index (χ1n) is 7.00. The van der Waals surface area contributed by atoms with Gasteiger partial charge in [0.05, 0.1) is 5.39 Å². The van der Waals surface area contributed by atoms with Gasteiger partial charge in [0, 0.05) is 19.3 Å². The van der Waals surface area contributed by atoms with Crippen LogP contribution in [0.4, 0.5) is 5.82 Å². The Bertz CT molecular complexity index is 889. The highest BCUT2D eigenvalue weighted by atomic mass is 16.1. The van der Waals surface area contributed by atoms with Crippen molar-refractivity contribution in [3.05, 3.63) is 40.8 Å². The second-order valence-electron chi connectivity index (χ2n) is 5.11. The van der Waals surface area contributed by atoms with Gasteiger partial charge in [-0.05, 0) is 37.1 Å². The second-order valence-corrected chi connectivity index (χ2v) is 5.11. The zero-order valence-corrected chi connectivity index (χ0v) is 11.4. The van der Waals surface area contributed by atoms with Gasteiger partial charge < -0.3 is 4.90 Å². The quantitative estimate of drug-likeness (QED) is 0.672. The first-order valence-corrected chi connectivity index (χ1v) is 7.00. The van der Waals surface area contributed by atoms with Crippen LogP contribution in [0.2, 0.25) is 0 Å². The summed E-state index contributed by atoms with van der Waals surface area (Å²) in [6.07, 6.45) is 3.98. The molecule has 0 radical (unpaired) electrons. The lowest BCUT2D eigenvalue weighted by Crippen LogP contribution is -2.18. The van der Waals surface area contributed by atoms with E-state index in [4.69, 9.17) is 0 Å². The van der Waals surface area contributed by atoms with Crippen LogP contribution < -0.4 is 10.5 Å². The molecule has 6 heteroatoms. The lowest BCUT2D eigenvalue weighted by molar-refractivity contribution is 0.941. The van der Waals surface area contributed by atoms with E-state index in [0.29, 0.717) is 22.2 Å². The number of fused-ring (bicyclic) bond motifs is 2. The van der Waals surface area contributed by atoms with Gasteiger partial charge in [-0.2, -0.15) is 0 Å². The topological polar surface area (TPSA) is 71.9 Å². The van der Waals surface area contributed by atoms with Crippen LogP contribution in [-0.4, -0.2) is 33.0 Å². The van der Waals surface area contributed by atoms with Crippen LogP contribution in [0.5, 0.6) is 0 Å². The SMILES string of the molecule is O=c1nc2ccc(N3CCCC3)nc2nc2ncccc12. The van der Waals surface area contributed by atoms with Crippen LogP contribution in [0.3, 0.4) is 0 Å². The Kier molecular flexibility index (Phi) is 2.73. The normalized spacial score (nSPS) is 15.0. The predicted molar refractivity (Wildman–Crippen MR) is 80.4 cm³/mol. The Labute approximate surface area is 120 Å². The van der Waals surface area contributed by atoms with E-state index in [9.17, 15) is 4.79 Å². The van der Waals surface area contributed by atoms with E-state index in [1.807, 2.05) is 12.1 Å². The van der Waals surface area contributed by atoms with Crippen molar-refractivity contribution in [3.8, 4) is 0 Å². The molecule has 0 saturated carbocycles. The second kappa shape index (κ2) is 4.73. The Hall–Kier alpha value is -2.63. The Morgan fingerprint density at radius 3 is 2.67 bits per heavy atom. The molecule has 0 spiro atoms. The largest absolute Gasteiger partial charge is 0.357 e. The standard InChI is InChI=1S/C15H13N5O/c21-15-10-4-3-7-16-13(10)19-14-11(17-15)5-6-12(18-14)20-8-1-2-9-20/h3-7H,1-2,8-9H2. The maximum Gasteiger partial charge on any atom is 0.281 e. The molecule has 0 N–H and O–H groups in total. The van der Waals surface area contributed by atoms with Crippen LogP contribution in [0.25, 0.3) is 22.2 Å². The van der Waals surface area contributed by atoms with E-state index in [-0.39, 0.29) is 5.56 Å². The molecule has 0 amide bonds. The molecule has 0 unspecified atom stereocenters.